The first-order valence-electron chi connectivity index (χ1n) is 12.2. The van der Waals surface area contributed by atoms with E-state index in [1.54, 1.807) is 0 Å². The number of amides is 2. The molecule has 0 N–H and O–H groups in total. The van der Waals surface area contributed by atoms with Gasteiger partial charge < -0.3 is 13.9 Å². The molecule has 1 aliphatic heterocycles. The summed E-state index contributed by atoms with van der Waals surface area (Å²) in [5.41, 5.74) is 1.39. The van der Waals surface area contributed by atoms with Gasteiger partial charge in [0.15, 0.2) is 13.7 Å². The molecule has 2 aliphatic rings. The minimum Gasteiger partial charge on any atom is -0.460 e. The average Bonchev–Trinajstić information content (AvgIpc) is 2.80. The molecule has 1 saturated heterocycles. The van der Waals surface area contributed by atoms with Crippen molar-refractivity contribution in [3.63, 3.8) is 0 Å². The number of allylic oxidation sites excluding steroid dienone is 2. The lowest BCUT2D eigenvalue weighted by molar-refractivity contribution is -0.181. The molecule has 2 amide bonds. The third kappa shape index (κ3) is 5.09. The van der Waals surface area contributed by atoms with E-state index >= 15 is 0 Å². The lowest BCUT2D eigenvalue weighted by Gasteiger charge is -2.52. The molecule has 0 unspecified atom stereocenters. The number of benzene rings is 1. The Morgan fingerprint density at radius 1 is 1.11 bits per heavy atom. The lowest BCUT2D eigenvalue weighted by atomic mass is 9.60. The van der Waals surface area contributed by atoms with Crippen LogP contribution in [-0.2, 0) is 30.1 Å². The van der Waals surface area contributed by atoms with Crippen molar-refractivity contribution in [2.24, 2.45) is 11.3 Å². The van der Waals surface area contributed by atoms with Crippen LogP contribution in [0.25, 0.3) is 0 Å². The monoisotopic (exact) mass is 501 g/mol. The number of hydrogen-bond acceptors (Lipinski definition) is 6. The smallest absolute Gasteiger partial charge is 0.416 e. The average molecular weight is 502 g/mol. The maximum atomic E-state index is 14.0. The van der Waals surface area contributed by atoms with Gasteiger partial charge in [-0.1, -0.05) is 62.2 Å². The minimum atomic E-state index is -2.30. The highest BCUT2D eigenvalue weighted by Gasteiger charge is 2.64. The molecule has 0 aromatic heterocycles. The summed E-state index contributed by atoms with van der Waals surface area (Å²) >= 11 is 0. The van der Waals surface area contributed by atoms with E-state index in [-0.39, 0.29) is 24.6 Å². The van der Waals surface area contributed by atoms with Crippen molar-refractivity contribution in [1.82, 2.24) is 4.90 Å². The molecule has 3 atom stereocenters. The predicted octanol–water partition coefficient (Wildman–Crippen LogP) is 5.46. The summed E-state index contributed by atoms with van der Waals surface area (Å²) in [6.07, 6.45) is -0.552. The predicted molar refractivity (Wildman–Crippen MR) is 136 cm³/mol. The molecular weight excluding hydrogens is 462 g/mol. The summed E-state index contributed by atoms with van der Waals surface area (Å²) < 4.78 is 17.5. The summed E-state index contributed by atoms with van der Waals surface area (Å²) in [5.74, 6) is -1.60. The Morgan fingerprint density at radius 3 is 2.31 bits per heavy atom. The second kappa shape index (κ2) is 9.89. The number of ether oxygens (including phenoxy) is 2. The summed E-state index contributed by atoms with van der Waals surface area (Å²) in [4.78, 5) is 41.6. The van der Waals surface area contributed by atoms with Gasteiger partial charge in [0.25, 0.3) is 0 Å². The normalized spacial score (nSPS) is 25.3. The number of rotatable bonds is 5. The van der Waals surface area contributed by atoms with Gasteiger partial charge in [-0.05, 0) is 50.4 Å². The van der Waals surface area contributed by atoms with Gasteiger partial charge in [-0.3, -0.25) is 9.59 Å². The van der Waals surface area contributed by atoms with E-state index in [2.05, 4.69) is 33.9 Å². The highest BCUT2D eigenvalue weighted by atomic mass is 28.4. The van der Waals surface area contributed by atoms with Crippen LogP contribution in [0, 0.1) is 11.3 Å². The van der Waals surface area contributed by atoms with Crippen molar-refractivity contribution >= 4 is 26.3 Å². The van der Waals surface area contributed by atoms with E-state index in [0.717, 1.165) is 21.6 Å². The largest absolute Gasteiger partial charge is 0.460 e. The van der Waals surface area contributed by atoms with Crippen molar-refractivity contribution in [1.29, 1.82) is 0 Å². The zero-order valence-corrected chi connectivity index (χ0v) is 23.3. The second-order valence-electron chi connectivity index (χ2n) is 11.4. The first-order valence-corrected chi connectivity index (χ1v) is 15.1. The van der Waals surface area contributed by atoms with Crippen molar-refractivity contribution in [2.75, 3.05) is 13.7 Å². The van der Waals surface area contributed by atoms with Crippen LogP contribution in [0.2, 0.25) is 18.1 Å². The minimum absolute atomic E-state index is 0.0507. The van der Waals surface area contributed by atoms with Crippen LogP contribution >= 0.6 is 0 Å². The van der Waals surface area contributed by atoms with Crippen LogP contribution < -0.4 is 0 Å². The molecular formula is C27H39NO6Si. The van der Waals surface area contributed by atoms with Gasteiger partial charge in [0, 0.05) is 5.92 Å². The Hall–Kier alpha value is -2.45. The van der Waals surface area contributed by atoms with E-state index in [0.29, 0.717) is 6.42 Å². The molecule has 8 heteroatoms. The van der Waals surface area contributed by atoms with Crippen molar-refractivity contribution < 1.29 is 28.3 Å². The maximum Gasteiger partial charge on any atom is 0.416 e. The summed E-state index contributed by atoms with van der Waals surface area (Å²) in [5, 5.41) is -0.0868. The highest BCUT2D eigenvalue weighted by molar-refractivity contribution is 6.74. The molecule has 0 radical (unpaired) electrons. The van der Waals surface area contributed by atoms with E-state index in [1.165, 1.54) is 7.11 Å². The van der Waals surface area contributed by atoms with Gasteiger partial charge in [0.1, 0.15) is 6.61 Å². The van der Waals surface area contributed by atoms with Crippen LogP contribution in [-0.4, -0.2) is 50.9 Å². The van der Waals surface area contributed by atoms with Crippen molar-refractivity contribution in [3.05, 3.63) is 47.0 Å². The quantitative estimate of drug-likeness (QED) is 0.231. The molecule has 192 valence electrons. The fraction of sp³-hybridized carbons (Fsp3) is 0.593. The van der Waals surface area contributed by atoms with Crippen molar-refractivity contribution in [3.8, 4) is 0 Å². The SMILES string of the molecule is COC(=O)N1C[C@@H](O[Si](C)(C)C(C)(C)C)[C@@H]2CC(C)=C(C)C[C@@]2(C(=O)OCc2ccccc2)C1=O. The van der Waals surface area contributed by atoms with E-state index in [9.17, 15) is 14.4 Å². The number of nitrogens with zero attached hydrogens (tertiary/aromatic N) is 1. The van der Waals surface area contributed by atoms with Gasteiger partial charge in [-0.2, -0.15) is 0 Å². The Morgan fingerprint density at radius 2 is 1.74 bits per heavy atom. The van der Waals surface area contributed by atoms with Crippen LogP contribution in [0.15, 0.2) is 41.5 Å². The zero-order valence-electron chi connectivity index (χ0n) is 22.3. The number of likely N-dealkylation sites (tertiary alicyclic amines) is 1. The van der Waals surface area contributed by atoms with Gasteiger partial charge in [-0.25, -0.2) is 9.69 Å². The number of imide groups is 1. The molecule has 1 aromatic carbocycles. The Labute approximate surface area is 209 Å². The third-order valence-corrected chi connectivity index (χ3v) is 12.6. The fourth-order valence-electron chi connectivity index (χ4n) is 4.80. The summed E-state index contributed by atoms with van der Waals surface area (Å²) in [6.45, 7) is 14.8. The Balaban J connectivity index is 2.08. The van der Waals surface area contributed by atoms with Crippen LogP contribution in [0.3, 0.4) is 0 Å². The maximum absolute atomic E-state index is 14.0. The second-order valence-corrected chi connectivity index (χ2v) is 16.1. The number of esters is 1. The topological polar surface area (TPSA) is 82.1 Å². The first-order chi connectivity index (χ1) is 16.2. The standard InChI is InChI=1S/C27H39NO6Si/c1-18-14-21-22(34-35(7,8)26(3,4)5)16-28(25(31)32-6)23(29)27(21,15-19(18)2)24(30)33-17-20-12-10-9-11-13-20/h9-13,21-22H,14-17H2,1-8H3/t21-,22+,27-/m0/s1. The number of carbonyl (C=O) groups is 3. The van der Waals surface area contributed by atoms with Crippen LogP contribution in [0.5, 0.6) is 0 Å². The molecule has 35 heavy (non-hydrogen) atoms. The van der Waals surface area contributed by atoms with E-state index < -0.39 is 43.7 Å². The molecule has 1 aromatic rings. The van der Waals surface area contributed by atoms with Crippen LogP contribution in [0.4, 0.5) is 4.79 Å². The fourth-order valence-corrected chi connectivity index (χ4v) is 6.15. The van der Waals surface area contributed by atoms with Crippen molar-refractivity contribution in [2.45, 2.75) is 78.3 Å². The molecule has 0 saturated carbocycles. The van der Waals surface area contributed by atoms with Crippen LogP contribution in [0.1, 0.15) is 53.0 Å². The number of piperidine rings is 1. The van der Waals surface area contributed by atoms with Gasteiger partial charge in [0.2, 0.25) is 5.91 Å². The van der Waals surface area contributed by atoms with E-state index in [1.807, 2.05) is 44.2 Å². The zero-order chi connectivity index (χ0) is 26.2. The Kier molecular flexibility index (Phi) is 7.67. The molecule has 3 rings (SSSR count). The Bertz CT molecular complexity index is 1010. The number of fused-ring (bicyclic) bond motifs is 1. The van der Waals surface area contributed by atoms with Gasteiger partial charge in [-0.15, -0.1) is 0 Å². The number of carbonyl (C=O) groups excluding carboxylic acids is 3. The number of methoxy groups -OCH3 is 1. The third-order valence-electron chi connectivity index (χ3n) is 8.09. The number of hydrogen-bond donors (Lipinski definition) is 0. The molecule has 7 nitrogen and oxygen atoms in total. The van der Waals surface area contributed by atoms with E-state index in [4.69, 9.17) is 13.9 Å². The molecule has 0 spiro atoms. The summed E-state index contributed by atoms with van der Waals surface area (Å²) in [7, 11) is -1.06. The highest BCUT2D eigenvalue weighted by Crippen LogP contribution is 2.52. The lowest BCUT2D eigenvalue weighted by Crippen LogP contribution is -2.67. The van der Waals surface area contributed by atoms with Gasteiger partial charge >= 0.3 is 12.1 Å². The summed E-state index contributed by atoms with van der Waals surface area (Å²) in [6, 6.07) is 9.36. The molecule has 1 aliphatic carbocycles. The molecule has 1 fully saturated rings. The molecule has 0 bridgehead atoms. The van der Waals surface area contributed by atoms with Gasteiger partial charge in [0.05, 0.1) is 19.8 Å². The first kappa shape index (κ1) is 27.1. The molecule has 1 heterocycles.